The van der Waals surface area contributed by atoms with Crippen LogP contribution in [0.3, 0.4) is 0 Å². The Bertz CT molecular complexity index is 1230. The van der Waals surface area contributed by atoms with Crippen molar-refractivity contribution >= 4 is 18.2 Å². The minimum absolute atomic E-state index is 0.0881. The number of nitrogens with one attached hydrogen (secondary N) is 2. The average molecular weight is 559 g/mol. The second kappa shape index (κ2) is 16.1. The van der Waals surface area contributed by atoms with Crippen LogP contribution in [0, 0.1) is 0 Å². The number of rotatable bonds is 10. The molecule has 41 heavy (non-hydrogen) atoms. The van der Waals surface area contributed by atoms with Crippen LogP contribution in [-0.4, -0.2) is 30.2 Å². The van der Waals surface area contributed by atoms with Gasteiger partial charge in [-0.2, -0.15) is 0 Å². The third-order valence-corrected chi connectivity index (χ3v) is 7.04. The molecule has 1 aliphatic carbocycles. The van der Waals surface area contributed by atoms with E-state index in [9.17, 15) is 14.4 Å². The van der Waals surface area contributed by atoms with E-state index in [0.29, 0.717) is 5.75 Å². The summed E-state index contributed by atoms with van der Waals surface area (Å²) in [7, 11) is 0. The van der Waals surface area contributed by atoms with Crippen molar-refractivity contribution in [1.82, 2.24) is 10.6 Å². The average Bonchev–Trinajstić information content (AvgIpc) is 2.98. The molecule has 1 saturated carbocycles. The van der Waals surface area contributed by atoms with E-state index in [2.05, 4.69) is 10.6 Å². The quantitative estimate of drug-likeness (QED) is 0.218. The van der Waals surface area contributed by atoms with Gasteiger partial charge in [-0.3, -0.25) is 4.79 Å². The van der Waals surface area contributed by atoms with Gasteiger partial charge in [0.2, 0.25) is 5.91 Å². The van der Waals surface area contributed by atoms with Crippen LogP contribution < -0.4 is 15.4 Å². The molecule has 4 rings (SSSR count). The zero-order valence-electron chi connectivity index (χ0n) is 23.3. The lowest BCUT2D eigenvalue weighted by Crippen LogP contribution is -2.50. The van der Waals surface area contributed by atoms with Gasteiger partial charge < -0.3 is 24.8 Å². The van der Waals surface area contributed by atoms with Crippen LogP contribution in [0.25, 0.3) is 0 Å². The van der Waals surface area contributed by atoms with E-state index in [1.165, 1.54) is 19.3 Å². The maximum atomic E-state index is 13.4. The lowest BCUT2D eigenvalue weighted by molar-refractivity contribution is -0.123. The van der Waals surface area contributed by atoms with Crippen LogP contribution in [0.5, 0.6) is 5.75 Å². The molecule has 0 saturated heterocycles. The summed E-state index contributed by atoms with van der Waals surface area (Å²) in [6.07, 6.45) is 6.40. The van der Waals surface area contributed by atoms with Gasteiger partial charge in [0.05, 0.1) is 0 Å². The monoisotopic (exact) mass is 558 g/mol. The highest BCUT2D eigenvalue weighted by molar-refractivity contribution is 5.86. The van der Waals surface area contributed by atoms with Gasteiger partial charge in [0.1, 0.15) is 25.0 Å². The molecular formula is C33H38N2O6. The number of hydrogen-bond donors (Lipinski definition) is 2. The van der Waals surface area contributed by atoms with Crippen molar-refractivity contribution in [3.05, 3.63) is 102 Å². The third-order valence-electron chi connectivity index (χ3n) is 7.04. The number of benzene rings is 3. The van der Waals surface area contributed by atoms with E-state index in [1.54, 1.807) is 24.3 Å². The molecule has 216 valence electrons. The van der Waals surface area contributed by atoms with Gasteiger partial charge in [0.15, 0.2) is 0 Å². The first-order valence-electron chi connectivity index (χ1n) is 14.3. The number of carbonyl (C=O) groups is 3. The van der Waals surface area contributed by atoms with Crippen LogP contribution in [0.15, 0.2) is 84.9 Å². The number of amides is 2. The molecule has 0 heterocycles. The molecule has 0 aliphatic heterocycles. The van der Waals surface area contributed by atoms with Gasteiger partial charge in [-0.15, -0.1) is 0 Å². The van der Waals surface area contributed by atoms with E-state index >= 15 is 0 Å². The van der Waals surface area contributed by atoms with Crippen LogP contribution in [0.2, 0.25) is 0 Å². The molecule has 0 bridgehead atoms. The largest absolute Gasteiger partial charge is 0.514 e. The van der Waals surface area contributed by atoms with Crippen molar-refractivity contribution in [2.24, 2.45) is 0 Å². The lowest BCUT2D eigenvalue weighted by Gasteiger charge is -2.25. The maximum absolute atomic E-state index is 13.4. The van der Waals surface area contributed by atoms with Gasteiger partial charge in [0.25, 0.3) is 0 Å². The van der Waals surface area contributed by atoms with Gasteiger partial charge in [-0.1, -0.05) is 105 Å². The Labute approximate surface area is 241 Å². The topological polar surface area (TPSA) is 103 Å². The number of carbonyl (C=O) groups excluding carboxylic acids is 3. The molecule has 8 heteroatoms. The number of alkyl carbamates (subject to hydrolysis) is 1. The van der Waals surface area contributed by atoms with Crippen molar-refractivity contribution < 1.29 is 28.6 Å². The third kappa shape index (κ3) is 10.6. The van der Waals surface area contributed by atoms with Crippen molar-refractivity contribution in [3.8, 4) is 5.75 Å². The predicted octanol–water partition coefficient (Wildman–Crippen LogP) is 6.47. The fourth-order valence-electron chi connectivity index (χ4n) is 4.79. The van der Waals surface area contributed by atoms with Crippen LogP contribution in [0.4, 0.5) is 9.59 Å². The summed E-state index contributed by atoms with van der Waals surface area (Å²) in [6.45, 7) is 0.220. The Kier molecular flexibility index (Phi) is 11.6. The first-order chi connectivity index (χ1) is 20.0. The standard InChI is InChI=1S/C33H38N2O6/c36-31(34-28-16-10-2-1-3-11-17-28)30(35-32(37)39-23-26-12-6-4-7-13-26)22-25-18-20-29(21-19-25)41-33(38)40-24-27-14-8-5-9-15-27/h4-9,12-15,18-21,28,30H,1-3,10-11,16-17,22-24H2,(H,34,36)(H,35,37)/t30-/m1/s1. The fourth-order valence-corrected chi connectivity index (χ4v) is 4.79. The second-order valence-electron chi connectivity index (χ2n) is 10.3. The molecule has 3 aromatic rings. The Morgan fingerprint density at radius 3 is 1.85 bits per heavy atom. The normalized spacial score (nSPS) is 14.5. The zero-order chi connectivity index (χ0) is 28.7. The Balaban J connectivity index is 1.34. The molecule has 0 spiro atoms. The summed E-state index contributed by atoms with van der Waals surface area (Å²) in [4.78, 5) is 38.1. The SMILES string of the molecule is O=C(N[C@H](Cc1ccc(OC(=O)OCc2ccccc2)cc1)C(=O)NC1CCCCCCC1)OCc1ccccc1. The first kappa shape index (κ1) is 29.6. The molecule has 8 nitrogen and oxygen atoms in total. The van der Waals surface area contributed by atoms with Crippen molar-refractivity contribution in [1.29, 1.82) is 0 Å². The maximum Gasteiger partial charge on any atom is 0.514 e. The van der Waals surface area contributed by atoms with Gasteiger partial charge in [0, 0.05) is 12.5 Å². The van der Waals surface area contributed by atoms with E-state index < -0.39 is 18.3 Å². The molecule has 0 unspecified atom stereocenters. The second-order valence-corrected chi connectivity index (χ2v) is 10.3. The van der Waals surface area contributed by atoms with Crippen LogP contribution in [-0.2, 0) is 33.9 Å². The highest BCUT2D eigenvalue weighted by Gasteiger charge is 2.25. The molecule has 0 aromatic heterocycles. The van der Waals surface area contributed by atoms with Crippen molar-refractivity contribution in [3.63, 3.8) is 0 Å². The molecule has 1 atom stereocenters. The molecule has 1 fully saturated rings. The van der Waals surface area contributed by atoms with E-state index in [-0.39, 0.29) is 31.6 Å². The molecule has 1 aliphatic rings. The van der Waals surface area contributed by atoms with E-state index in [1.807, 2.05) is 60.7 Å². The van der Waals surface area contributed by atoms with Crippen molar-refractivity contribution in [2.75, 3.05) is 0 Å². The Hall–Kier alpha value is -4.33. The molecule has 2 N–H and O–H groups in total. The first-order valence-corrected chi connectivity index (χ1v) is 14.3. The predicted molar refractivity (Wildman–Crippen MR) is 155 cm³/mol. The molecule has 0 radical (unpaired) electrons. The molecule has 3 aromatic carbocycles. The van der Waals surface area contributed by atoms with Crippen LogP contribution >= 0.6 is 0 Å². The summed E-state index contributed by atoms with van der Waals surface area (Å²) in [6, 6.07) is 24.8. The van der Waals surface area contributed by atoms with Crippen LogP contribution in [0.1, 0.15) is 61.6 Å². The molecular weight excluding hydrogens is 520 g/mol. The van der Waals surface area contributed by atoms with Gasteiger partial charge in [-0.05, 0) is 41.7 Å². The zero-order valence-corrected chi connectivity index (χ0v) is 23.3. The summed E-state index contributed by atoms with van der Waals surface area (Å²) >= 11 is 0. The van der Waals surface area contributed by atoms with Gasteiger partial charge in [-0.25, -0.2) is 9.59 Å². The Morgan fingerprint density at radius 1 is 0.683 bits per heavy atom. The van der Waals surface area contributed by atoms with Crippen molar-refractivity contribution in [2.45, 2.75) is 76.7 Å². The molecule has 2 amide bonds. The Morgan fingerprint density at radius 2 is 1.24 bits per heavy atom. The highest BCUT2D eigenvalue weighted by Crippen LogP contribution is 2.18. The summed E-state index contributed by atoms with van der Waals surface area (Å²) in [5, 5.41) is 5.91. The smallest absolute Gasteiger partial charge is 0.445 e. The summed E-state index contributed by atoms with van der Waals surface area (Å²) < 4.78 is 15.8. The summed E-state index contributed by atoms with van der Waals surface area (Å²) in [5.74, 6) is 0.0783. The summed E-state index contributed by atoms with van der Waals surface area (Å²) in [5.41, 5.74) is 2.51. The van der Waals surface area contributed by atoms with E-state index in [0.717, 1.165) is 42.4 Å². The van der Waals surface area contributed by atoms with E-state index in [4.69, 9.17) is 14.2 Å². The minimum atomic E-state index is -0.827. The lowest BCUT2D eigenvalue weighted by atomic mass is 9.96. The number of hydrogen-bond acceptors (Lipinski definition) is 6. The highest BCUT2D eigenvalue weighted by atomic mass is 16.7. The fraction of sp³-hybridized carbons (Fsp3) is 0.364. The number of ether oxygens (including phenoxy) is 3. The minimum Gasteiger partial charge on any atom is -0.445 e. The van der Waals surface area contributed by atoms with Gasteiger partial charge >= 0.3 is 12.2 Å².